The van der Waals surface area contributed by atoms with E-state index in [1.807, 2.05) is 18.2 Å². The lowest BCUT2D eigenvalue weighted by Gasteiger charge is -2.37. The van der Waals surface area contributed by atoms with Crippen molar-refractivity contribution >= 4 is 23.2 Å². The van der Waals surface area contributed by atoms with E-state index in [-0.39, 0.29) is 5.91 Å². The molecule has 2 saturated heterocycles. The molecule has 108 valence electrons. The predicted molar refractivity (Wildman–Crippen MR) is 80.8 cm³/mol. The summed E-state index contributed by atoms with van der Waals surface area (Å²) in [5.74, 6) is 0.00507. The molecule has 2 aliphatic heterocycles. The molecule has 1 aromatic rings. The second kappa shape index (κ2) is 5.72. The molecule has 5 heteroatoms. The Bertz CT molecular complexity index is 494. The highest BCUT2D eigenvalue weighted by Crippen LogP contribution is 2.34. The first-order valence-corrected chi connectivity index (χ1v) is 7.57. The van der Waals surface area contributed by atoms with Crippen LogP contribution in [0.4, 0.5) is 5.69 Å². The molecule has 4 nitrogen and oxygen atoms in total. The Kier molecular flexibility index (Phi) is 3.96. The third-order valence-electron chi connectivity index (χ3n) is 4.39. The van der Waals surface area contributed by atoms with Crippen LogP contribution in [0.1, 0.15) is 25.7 Å². The maximum atomic E-state index is 12.2. The number of carbonyl (C=O) groups excluding carboxylic acids is 1. The van der Waals surface area contributed by atoms with Gasteiger partial charge >= 0.3 is 0 Å². The average Bonchev–Trinajstić information content (AvgIpc) is 2.65. The Morgan fingerprint density at radius 3 is 2.60 bits per heavy atom. The van der Waals surface area contributed by atoms with Crippen molar-refractivity contribution in [3.63, 3.8) is 0 Å². The Balaban J connectivity index is 1.61. The Morgan fingerprint density at radius 2 is 1.95 bits per heavy atom. The van der Waals surface area contributed by atoms with E-state index < -0.39 is 0 Å². The van der Waals surface area contributed by atoms with Gasteiger partial charge in [-0.3, -0.25) is 9.69 Å². The van der Waals surface area contributed by atoms with Crippen LogP contribution >= 0.6 is 11.6 Å². The lowest BCUT2D eigenvalue weighted by Crippen LogP contribution is -2.49. The molecule has 2 atom stereocenters. The van der Waals surface area contributed by atoms with E-state index >= 15 is 0 Å². The van der Waals surface area contributed by atoms with Crippen LogP contribution in [0.3, 0.4) is 0 Å². The zero-order valence-corrected chi connectivity index (χ0v) is 12.1. The topological polar surface area (TPSA) is 58.4 Å². The van der Waals surface area contributed by atoms with Crippen molar-refractivity contribution in [3.8, 4) is 0 Å². The average molecular weight is 294 g/mol. The lowest BCUT2D eigenvalue weighted by atomic mass is 9.98. The van der Waals surface area contributed by atoms with E-state index in [4.69, 9.17) is 17.3 Å². The van der Waals surface area contributed by atoms with Gasteiger partial charge in [-0.15, -0.1) is 0 Å². The zero-order valence-electron chi connectivity index (χ0n) is 11.4. The number of para-hydroxylation sites is 1. The van der Waals surface area contributed by atoms with Crippen molar-refractivity contribution in [2.24, 2.45) is 5.73 Å². The highest BCUT2D eigenvalue weighted by atomic mass is 35.5. The molecule has 2 fully saturated rings. The maximum absolute atomic E-state index is 12.2. The van der Waals surface area contributed by atoms with E-state index in [0.717, 1.165) is 25.7 Å². The van der Waals surface area contributed by atoms with E-state index in [1.54, 1.807) is 6.07 Å². The first kappa shape index (κ1) is 13.9. The van der Waals surface area contributed by atoms with Crippen molar-refractivity contribution < 1.29 is 4.79 Å². The standard InChI is InChI=1S/C15H20ClN3O/c16-13-3-1-2-4-14(13)18-15(20)9-19-11-5-6-12(19)8-10(17)7-11/h1-4,10-12H,5-9,17H2,(H,18,20). The van der Waals surface area contributed by atoms with Gasteiger partial charge in [-0.05, 0) is 37.8 Å². The number of nitrogens with two attached hydrogens (primary N) is 1. The quantitative estimate of drug-likeness (QED) is 0.898. The second-order valence-electron chi connectivity index (χ2n) is 5.82. The van der Waals surface area contributed by atoms with Gasteiger partial charge in [-0.25, -0.2) is 0 Å². The maximum Gasteiger partial charge on any atom is 0.238 e. The van der Waals surface area contributed by atoms with Gasteiger partial charge in [0.2, 0.25) is 5.91 Å². The minimum Gasteiger partial charge on any atom is -0.328 e. The van der Waals surface area contributed by atoms with Gasteiger partial charge in [0, 0.05) is 18.1 Å². The van der Waals surface area contributed by atoms with Gasteiger partial charge < -0.3 is 11.1 Å². The zero-order chi connectivity index (χ0) is 14.1. The van der Waals surface area contributed by atoms with E-state index in [0.29, 0.717) is 35.4 Å². The summed E-state index contributed by atoms with van der Waals surface area (Å²) in [7, 11) is 0. The summed E-state index contributed by atoms with van der Waals surface area (Å²) in [6, 6.07) is 8.56. The van der Waals surface area contributed by atoms with Gasteiger partial charge in [0.15, 0.2) is 0 Å². The highest BCUT2D eigenvalue weighted by molar-refractivity contribution is 6.33. The molecule has 2 heterocycles. The van der Waals surface area contributed by atoms with E-state index in [2.05, 4.69) is 10.2 Å². The van der Waals surface area contributed by atoms with E-state index in [9.17, 15) is 4.79 Å². The van der Waals surface area contributed by atoms with Crippen molar-refractivity contribution in [1.82, 2.24) is 4.90 Å². The third kappa shape index (κ3) is 2.82. The molecule has 0 saturated carbocycles. The number of piperidine rings is 1. The molecule has 1 aromatic carbocycles. The van der Waals surface area contributed by atoms with Gasteiger partial charge in [0.25, 0.3) is 0 Å². The molecule has 3 rings (SSSR count). The first-order valence-electron chi connectivity index (χ1n) is 7.19. The van der Waals surface area contributed by atoms with Gasteiger partial charge in [-0.1, -0.05) is 23.7 Å². The minimum absolute atomic E-state index is 0.00507. The number of nitrogens with zero attached hydrogens (tertiary/aromatic N) is 1. The predicted octanol–water partition coefficient (Wildman–Crippen LogP) is 2.23. The summed E-state index contributed by atoms with van der Waals surface area (Å²) in [5, 5.41) is 3.47. The molecule has 1 amide bonds. The largest absolute Gasteiger partial charge is 0.328 e. The summed E-state index contributed by atoms with van der Waals surface area (Å²) >= 11 is 6.06. The fourth-order valence-corrected chi connectivity index (χ4v) is 3.68. The Hall–Kier alpha value is -1.10. The molecule has 20 heavy (non-hydrogen) atoms. The number of fused-ring (bicyclic) bond motifs is 2. The van der Waals surface area contributed by atoms with Crippen LogP contribution in [0.25, 0.3) is 0 Å². The third-order valence-corrected chi connectivity index (χ3v) is 4.72. The molecule has 3 N–H and O–H groups in total. The number of hydrogen-bond acceptors (Lipinski definition) is 3. The Morgan fingerprint density at radius 1 is 1.30 bits per heavy atom. The number of benzene rings is 1. The van der Waals surface area contributed by atoms with Crippen molar-refractivity contribution in [1.29, 1.82) is 0 Å². The molecule has 0 spiro atoms. The monoisotopic (exact) mass is 293 g/mol. The second-order valence-corrected chi connectivity index (χ2v) is 6.22. The minimum atomic E-state index is 0.00507. The summed E-state index contributed by atoms with van der Waals surface area (Å²) in [6.45, 7) is 0.438. The number of nitrogens with one attached hydrogen (secondary N) is 1. The van der Waals surface area contributed by atoms with Crippen molar-refractivity contribution in [2.45, 2.75) is 43.8 Å². The fraction of sp³-hybridized carbons (Fsp3) is 0.533. The van der Waals surface area contributed by atoms with Crippen LogP contribution in [-0.4, -0.2) is 35.5 Å². The number of amides is 1. The SMILES string of the molecule is NC1CC2CCC(C1)N2CC(=O)Nc1ccccc1Cl. The van der Waals surface area contributed by atoms with Crippen LogP contribution in [0, 0.1) is 0 Å². The fourth-order valence-electron chi connectivity index (χ4n) is 3.49. The van der Waals surface area contributed by atoms with Crippen molar-refractivity contribution in [3.05, 3.63) is 29.3 Å². The molecule has 0 aromatic heterocycles. The summed E-state index contributed by atoms with van der Waals surface area (Å²) in [4.78, 5) is 14.5. The van der Waals surface area contributed by atoms with Crippen LogP contribution in [0.15, 0.2) is 24.3 Å². The summed E-state index contributed by atoms with van der Waals surface area (Å²) < 4.78 is 0. The molecule has 0 aliphatic carbocycles. The van der Waals surface area contributed by atoms with Gasteiger partial charge in [-0.2, -0.15) is 0 Å². The highest BCUT2D eigenvalue weighted by Gasteiger charge is 2.40. The van der Waals surface area contributed by atoms with Crippen LogP contribution < -0.4 is 11.1 Å². The molecular weight excluding hydrogens is 274 g/mol. The molecule has 2 bridgehead atoms. The van der Waals surface area contributed by atoms with E-state index in [1.165, 1.54) is 0 Å². The first-order chi connectivity index (χ1) is 9.63. The van der Waals surface area contributed by atoms with Crippen LogP contribution in [0.5, 0.6) is 0 Å². The normalized spacial score (nSPS) is 29.4. The number of halogens is 1. The number of rotatable bonds is 3. The molecule has 2 aliphatic rings. The van der Waals surface area contributed by atoms with Gasteiger partial charge in [0.1, 0.15) is 0 Å². The lowest BCUT2D eigenvalue weighted by molar-refractivity contribution is -0.118. The van der Waals surface area contributed by atoms with Crippen LogP contribution in [0.2, 0.25) is 5.02 Å². The summed E-state index contributed by atoms with van der Waals surface area (Å²) in [6.07, 6.45) is 4.35. The molecule has 0 radical (unpaired) electrons. The number of carbonyl (C=O) groups is 1. The summed E-state index contributed by atoms with van der Waals surface area (Å²) in [5.41, 5.74) is 6.73. The number of hydrogen-bond donors (Lipinski definition) is 2. The van der Waals surface area contributed by atoms with Gasteiger partial charge in [0.05, 0.1) is 17.3 Å². The Labute approximate surface area is 124 Å². The van der Waals surface area contributed by atoms with Crippen molar-refractivity contribution in [2.75, 3.05) is 11.9 Å². The molecular formula is C15H20ClN3O. The number of anilines is 1. The molecule has 2 unspecified atom stereocenters. The van der Waals surface area contributed by atoms with Crippen LogP contribution in [-0.2, 0) is 4.79 Å². The smallest absolute Gasteiger partial charge is 0.238 e.